The molecule has 0 bridgehead atoms. The van der Waals surface area contributed by atoms with Crippen LogP contribution >= 0.6 is 0 Å². The zero-order valence-electron chi connectivity index (χ0n) is 12.3. The minimum absolute atomic E-state index is 0.0762. The Kier molecular flexibility index (Phi) is 4.10. The lowest BCUT2D eigenvalue weighted by Gasteiger charge is -2.29. The van der Waals surface area contributed by atoms with Crippen LogP contribution in [0.3, 0.4) is 0 Å². The van der Waals surface area contributed by atoms with Crippen LogP contribution in [0.4, 0.5) is 4.39 Å². The second kappa shape index (κ2) is 6.02. The smallest absolute Gasteiger partial charge is 0.254 e. The zero-order valence-corrected chi connectivity index (χ0v) is 12.3. The number of rotatable bonds is 3. The van der Waals surface area contributed by atoms with Gasteiger partial charge >= 0.3 is 0 Å². The largest absolute Gasteiger partial charge is 0.494 e. The predicted molar refractivity (Wildman–Crippen MR) is 78.0 cm³/mol. The number of benzene rings is 1. The summed E-state index contributed by atoms with van der Waals surface area (Å²) in [7, 11) is 1.42. The predicted octanol–water partition coefficient (Wildman–Crippen LogP) is 2.19. The molecule has 114 valence electrons. The zero-order chi connectivity index (χ0) is 14.8. The molecule has 2 atom stereocenters. The molecule has 5 heteroatoms. The van der Waals surface area contributed by atoms with Crippen LogP contribution in [0.25, 0.3) is 0 Å². The number of likely N-dealkylation sites (tertiary alicyclic amines) is 1. The van der Waals surface area contributed by atoms with Gasteiger partial charge in [0.1, 0.15) is 0 Å². The number of carbonyl (C=O) groups excluding carboxylic acids is 1. The third kappa shape index (κ3) is 2.75. The van der Waals surface area contributed by atoms with Crippen LogP contribution in [0.2, 0.25) is 0 Å². The molecule has 1 aromatic carbocycles. The van der Waals surface area contributed by atoms with Gasteiger partial charge in [0.05, 0.1) is 7.11 Å². The van der Waals surface area contributed by atoms with Crippen molar-refractivity contribution in [2.45, 2.75) is 37.8 Å². The first-order chi connectivity index (χ1) is 10.2. The van der Waals surface area contributed by atoms with E-state index in [0.29, 0.717) is 11.6 Å². The quantitative estimate of drug-likeness (QED) is 0.928. The molecule has 0 aromatic heterocycles. The van der Waals surface area contributed by atoms with Crippen molar-refractivity contribution < 1.29 is 13.9 Å². The van der Waals surface area contributed by atoms with Gasteiger partial charge in [-0.25, -0.2) is 4.39 Å². The molecule has 1 N–H and O–H groups in total. The Balaban J connectivity index is 1.78. The highest BCUT2D eigenvalue weighted by Crippen LogP contribution is 2.27. The lowest BCUT2D eigenvalue weighted by atomic mass is 10.0. The van der Waals surface area contributed by atoms with E-state index < -0.39 is 5.82 Å². The molecule has 2 heterocycles. The fourth-order valence-corrected chi connectivity index (χ4v) is 3.47. The van der Waals surface area contributed by atoms with Crippen molar-refractivity contribution >= 4 is 5.91 Å². The second-order valence-electron chi connectivity index (χ2n) is 5.76. The Bertz CT molecular complexity index is 529. The average Bonchev–Trinajstić information content (AvgIpc) is 3.16. The van der Waals surface area contributed by atoms with Crippen molar-refractivity contribution in [2.24, 2.45) is 0 Å². The van der Waals surface area contributed by atoms with Crippen LogP contribution in [0.5, 0.6) is 5.75 Å². The summed E-state index contributed by atoms with van der Waals surface area (Å²) >= 11 is 0. The molecule has 0 radical (unpaired) electrons. The molecule has 1 amide bonds. The van der Waals surface area contributed by atoms with Gasteiger partial charge in [-0.3, -0.25) is 4.79 Å². The van der Waals surface area contributed by atoms with E-state index in [1.54, 1.807) is 6.07 Å². The number of ether oxygens (including phenoxy) is 1. The SMILES string of the molecule is COc1ccc(C(=O)N2CCCC2C2CCCN2)cc1F. The number of carbonyl (C=O) groups is 1. The number of nitrogens with one attached hydrogen (secondary N) is 1. The van der Waals surface area contributed by atoms with E-state index in [4.69, 9.17) is 4.74 Å². The molecule has 21 heavy (non-hydrogen) atoms. The molecule has 4 nitrogen and oxygen atoms in total. The van der Waals surface area contributed by atoms with E-state index in [0.717, 1.165) is 32.4 Å². The number of hydrogen-bond acceptors (Lipinski definition) is 3. The summed E-state index contributed by atoms with van der Waals surface area (Å²) in [5.41, 5.74) is 0.401. The molecule has 3 rings (SSSR count). The third-order valence-corrected chi connectivity index (χ3v) is 4.52. The van der Waals surface area contributed by atoms with E-state index in [1.165, 1.54) is 25.7 Å². The molecular formula is C16H21FN2O2. The monoisotopic (exact) mass is 292 g/mol. The first kappa shape index (κ1) is 14.3. The lowest BCUT2D eigenvalue weighted by Crippen LogP contribution is -2.46. The Morgan fingerprint density at radius 3 is 2.90 bits per heavy atom. The Morgan fingerprint density at radius 1 is 1.38 bits per heavy atom. The summed E-state index contributed by atoms with van der Waals surface area (Å²) in [5, 5.41) is 3.48. The van der Waals surface area contributed by atoms with Crippen LogP contribution < -0.4 is 10.1 Å². The van der Waals surface area contributed by atoms with Gasteiger partial charge in [0.15, 0.2) is 11.6 Å². The van der Waals surface area contributed by atoms with E-state index in [2.05, 4.69) is 5.32 Å². The van der Waals surface area contributed by atoms with Crippen molar-refractivity contribution in [3.05, 3.63) is 29.6 Å². The third-order valence-electron chi connectivity index (χ3n) is 4.52. The molecule has 2 saturated heterocycles. The van der Waals surface area contributed by atoms with Crippen molar-refractivity contribution in [2.75, 3.05) is 20.2 Å². The van der Waals surface area contributed by atoms with Gasteiger partial charge < -0.3 is 15.0 Å². The van der Waals surface area contributed by atoms with Crippen LogP contribution in [-0.2, 0) is 0 Å². The summed E-state index contributed by atoms with van der Waals surface area (Å²) < 4.78 is 18.7. The molecule has 0 saturated carbocycles. The van der Waals surface area contributed by atoms with Crippen molar-refractivity contribution in [3.63, 3.8) is 0 Å². The summed E-state index contributed by atoms with van der Waals surface area (Å²) in [6.07, 6.45) is 4.33. The first-order valence-corrected chi connectivity index (χ1v) is 7.58. The van der Waals surface area contributed by atoms with E-state index in [-0.39, 0.29) is 17.7 Å². The lowest BCUT2D eigenvalue weighted by molar-refractivity contribution is 0.0711. The fraction of sp³-hybridized carbons (Fsp3) is 0.562. The Morgan fingerprint density at radius 2 is 2.24 bits per heavy atom. The van der Waals surface area contributed by atoms with Crippen LogP contribution in [-0.4, -0.2) is 43.1 Å². The minimum Gasteiger partial charge on any atom is -0.494 e. The molecule has 2 unspecified atom stereocenters. The topological polar surface area (TPSA) is 41.6 Å². The molecule has 0 aliphatic carbocycles. The number of methoxy groups -OCH3 is 1. The molecular weight excluding hydrogens is 271 g/mol. The van der Waals surface area contributed by atoms with Gasteiger partial charge in [0, 0.05) is 24.2 Å². The highest BCUT2D eigenvalue weighted by molar-refractivity contribution is 5.94. The molecule has 2 fully saturated rings. The number of nitrogens with zero attached hydrogens (tertiary/aromatic N) is 1. The van der Waals surface area contributed by atoms with Gasteiger partial charge in [0.25, 0.3) is 5.91 Å². The maximum atomic E-state index is 13.8. The summed E-state index contributed by atoms with van der Waals surface area (Å²) in [6.45, 7) is 1.79. The maximum Gasteiger partial charge on any atom is 0.254 e. The normalized spacial score (nSPS) is 25.3. The van der Waals surface area contributed by atoms with Crippen molar-refractivity contribution in [3.8, 4) is 5.75 Å². The molecule has 2 aliphatic heterocycles. The van der Waals surface area contributed by atoms with Crippen molar-refractivity contribution in [1.29, 1.82) is 0 Å². The summed E-state index contributed by atoms with van der Waals surface area (Å²) in [5.74, 6) is -0.396. The second-order valence-corrected chi connectivity index (χ2v) is 5.76. The van der Waals surface area contributed by atoms with E-state index in [9.17, 15) is 9.18 Å². The van der Waals surface area contributed by atoms with Crippen LogP contribution in [0, 0.1) is 5.82 Å². The van der Waals surface area contributed by atoms with Crippen LogP contribution in [0.1, 0.15) is 36.0 Å². The van der Waals surface area contributed by atoms with Gasteiger partial charge in [-0.1, -0.05) is 0 Å². The number of halogens is 1. The van der Waals surface area contributed by atoms with E-state index in [1.807, 2.05) is 4.90 Å². The minimum atomic E-state index is -0.488. The maximum absolute atomic E-state index is 13.8. The average molecular weight is 292 g/mol. The molecule has 1 aromatic rings. The van der Waals surface area contributed by atoms with Crippen molar-refractivity contribution in [1.82, 2.24) is 10.2 Å². The summed E-state index contributed by atoms with van der Waals surface area (Å²) in [6, 6.07) is 5.06. The van der Waals surface area contributed by atoms with Gasteiger partial charge in [-0.05, 0) is 50.4 Å². The van der Waals surface area contributed by atoms with E-state index >= 15 is 0 Å². The fourth-order valence-electron chi connectivity index (χ4n) is 3.47. The van der Waals surface area contributed by atoms with Crippen LogP contribution in [0.15, 0.2) is 18.2 Å². The number of hydrogen-bond donors (Lipinski definition) is 1. The first-order valence-electron chi connectivity index (χ1n) is 7.58. The Labute approximate surface area is 124 Å². The van der Waals surface area contributed by atoms with Gasteiger partial charge in [-0.15, -0.1) is 0 Å². The van der Waals surface area contributed by atoms with Gasteiger partial charge in [-0.2, -0.15) is 0 Å². The standard InChI is InChI=1S/C16H21FN2O2/c1-21-15-7-6-11(10-12(15)17)16(20)19-9-3-5-14(19)13-4-2-8-18-13/h6-7,10,13-14,18H,2-5,8-9H2,1H3. The summed E-state index contributed by atoms with van der Waals surface area (Å²) in [4.78, 5) is 14.6. The Hall–Kier alpha value is -1.62. The highest BCUT2D eigenvalue weighted by atomic mass is 19.1. The molecule has 2 aliphatic rings. The highest BCUT2D eigenvalue weighted by Gasteiger charge is 2.36. The number of amides is 1. The molecule has 0 spiro atoms. The van der Waals surface area contributed by atoms with Gasteiger partial charge in [0.2, 0.25) is 0 Å².